The Bertz CT molecular complexity index is 395. The molecule has 2 aliphatic rings. The van der Waals surface area contributed by atoms with Gasteiger partial charge in [-0.1, -0.05) is 6.07 Å². The second-order valence-corrected chi connectivity index (χ2v) is 4.67. The van der Waals surface area contributed by atoms with Crippen molar-refractivity contribution in [1.82, 2.24) is 4.98 Å². The van der Waals surface area contributed by atoms with Crippen molar-refractivity contribution >= 4 is 5.78 Å². The average molecular weight is 201 g/mol. The molecule has 0 radical (unpaired) electrons. The van der Waals surface area contributed by atoms with Gasteiger partial charge in [-0.25, -0.2) is 0 Å². The molecule has 2 nitrogen and oxygen atoms in total. The highest BCUT2D eigenvalue weighted by molar-refractivity contribution is 5.89. The van der Waals surface area contributed by atoms with E-state index in [1.54, 1.807) is 0 Å². The largest absolute Gasteiger partial charge is 0.299 e. The zero-order valence-electron chi connectivity index (χ0n) is 8.78. The number of carbonyl (C=O) groups excluding carboxylic acids is 1. The van der Waals surface area contributed by atoms with E-state index >= 15 is 0 Å². The minimum absolute atomic E-state index is 0.113. The van der Waals surface area contributed by atoms with Crippen molar-refractivity contribution in [2.75, 3.05) is 0 Å². The summed E-state index contributed by atoms with van der Waals surface area (Å²) in [7, 11) is 0. The minimum Gasteiger partial charge on any atom is -0.299 e. The van der Waals surface area contributed by atoms with Crippen molar-refractivity contribution < 1.29 is 4.79 Å². The smallest absolute Gasteiger partial charge is 0.144 e. The highest BCUT2D eigenvalue weighted by Gasteiger charge is 2.37. The number of hydrogen-bond donors (Lipinski definition) is 0. The number of hydrogen-bond acceptors (Lipinski definition) is 2. The molecule has 0 spiro atoms. The van der Waals surface area contributed by atoms with Crippen LogP contribution < -0.4 is 0 Å². The van der Waals surface area contributed by atoms with Crippen LogP contribution in [0.5, 0.6) is 0 Å². The van der Waals surface area contributed by atoms with E-state index in [4.69, 9.17) is 0 Å². The first-order valence-corrected chi connectivity index (χ1v) is 5.84. The first kappa shape index (κ1) is 9.08. The van der Waals surface area contributed by atoms with Crippen molar-refractivity contribution in [3.8, 4) is 0 Å². The first-order valence-electron chi connectivity index (χ1n) is 5.84. The molecule has 0 aromatic carbocycles. The Balaban J connectivity index is 1.94. The molecule has 1 unspecified atom stereocenters. The highest BCUT2D eigenvalue weighted by Crippen LogP contribution is 2.39. The van der Waals surface area contributed by atoms with E-state index < -0.39 is 0 Å². The van der Waals surface area contributed by atoms with Crippen LogP contribution in [0.1, 0.15) is 42.9 Å². The molecule has 0 saturated heterocycles. The molecule has 0 aliphatic heterocycles. The number of aryl methyl sites for hydroxylation is 1. The van der Waals surface area contributed by atoms with Gasteiger partial charge in [0.1, 0.15) is 5.78 Å². The second kappa shape index (κ2) is 3.44. The van der Waals surface area contributed by atoms with E-state index in [9.17, 15) is 4.79 Å². The summed E-state index contributed by atoms with van der Waals surface area (Å²) in [4.78, 5) is 16.5. The molecule has 2 aliphatic carbocycles. The van der Waals surface area contributed by atoms with Gasteiger partial charge in [0.15, 0.2) is 0 Å². The summed E-state index contributed by atoms with van der Waals surface area (Å²) in [6.07, 6.45) is 7.28. The van der Waals surface area contributed by atoms with Crippen LogP contribution in [0.4, 0.5) is 0 Å². The Morgan fingerprint density at radius 3 is 3.00 bits per heavy atom. The van der Waals surface area contributed by atoms with Gasteiger partial charge in [-0.05, 0) is 43.7 Å². The van der Waals surface area contributed by atoms with E-state index in [1.807, 2.05) is 12.3 Å². The molecule has 15 heavy (non-hydrogen) atoms. The molecule has 2 heteroatoms. The quantitative estimate of drug-likeness (QED) is 0.735. The van der Waals surface area contributed by atoms with Crippen LogP contribution in [0, 0.1) is 5.92 Å². The van der Waals surface area contributed by atoms with Gasteiger partial charge < -0.3 is 0 Å². The number of Topliss-reactive ketones (excluding diaryl/α,β-unsaturated/α-hetero) is 1. The molecule has 1 aromatic heterocycles. The van der Waals surface area contributed by atoms with Crippen LogP contribution in [-0.4, -0.2) is 10.8 Å². The van der Waals surface area contributed by atoms with Crippen LogP contribution in [0.2, 0.25) is 0 Å². The fourth-order valence-electron chi connectivity index (χ4n) is 2.54. The summed E-state index contributed by atoms with van der Waals surface area (Å²) < 4.78 is 0. The topological polar surface area (TPSA) is 30.0 Å². The lowest BCUT2D eigenvalue weighted by atomic mass is 9.83. The summed E-state index contributed by atoms with van der Waals surface area (Å²) in [5, 5.41) is 0. The molecule has 1 atom stereocenters. The molecule has 1 saturated carbocycles. The molecule has 1 fully saturated rings. The number of nitrogens with zero attached hydrogens (tertiary/aromatic N) is 1. The lowest BCUT2D eigenvalue weighted by Crippen LogP contribution is -2.21. The van der Waals surface area contributed by atoms with Crippen molar-refractivity contribution in [1.29, 1.82) is 0 Å². The van der Waals surface area contributed by atoms with Gasteiger partial charge in [-0.15, -0.1) is 0 Å². The van der Waals surface area contributed by atoms with Crippen LogP contribution in [0.3, 0.4) is 0 Å². The normalized spacial score (nSPS) is 24.7. The number of pyridine rings is 1. The van der Waals surface area contributed by atoms with Gasteiger partial charge >= 0.3 is 0 Å². The van der Waals surface area contributed by atoms with Crippen LogP contribution in [0.25, 0.3) is 0 Å². The van der Waals surface area contributed by atoms with E-state index in [0.29, 0.717) is 11.7 Å². The van der Waals surface area contributed by atoms with Crippen molar-refractivity contribution in [3.05, 3.63) is 29.6 Å². The lowest BCUT2D eigenvalue weighted by molar-refractivity contribution is -0.122. The molecule has 0 N–H and O–H groups in total. The monoisotopic (exact) mass is 201 g/mol. The Hall–Kier alpha value is -1.18. The average Bonchev–Trinajstić information content (AvgIpc) is 3.11. The van der Waals surface area contributed by atoms with Crippen LogP contribution in [0.15, 0.2) is 18.3 Å². The van der Waals surface area contributed by atoms with Crippen LogP contribution in [-0.2, 0) is 11.2 Å². The molecular weight excluding hydrogens is 186 g/mol. The number of rotatable bonds is 2. The zero-order chi connectivity index (χ0) is 10.3. The minimum atomic E-state index is 0.113. The third kappa shape index (κ3) is 1.58. The predicted octanol–water partition coefficient (Wildman–Crippen LogP) is 2.48. The summed E-state index contributed by atoms with van der Waals surface area (Å²) in [6, 6.07) is 4.09. The zero-order valence-corrected chi connectivity index (χ0v) is 8.78. The maximum atomic E-state index is 12.1. The van der Waals surface area contributed by atoms with Gasteiger partial charge in [0, 0.05) is 12.1 Å². The molecule has 0 bridgehead atoms. The molecule has 1 heterocycles. The Kier molecular flexibility index (Phi) is 2.08. The first-order chi connectivity index (χ1) is 7.36. The summed E-state index contributed by atoms with van der Waals surface area (Å²) in [6.45, 7) is 0. The van der Waals surface area contributed by atoms with E-state index in [1.165, 1.54) is 5.56 Å². The number of fused-ring (bicyclic) bond motifs is 1. The Labute approximate surface area is 89.7 Å². The summed E-state index contributed by atoms with van der Waals surface area (Å²) in [5.41, 5.74) is 2.36. The predicted molar refractivity (Wildman–Crippen MR) is 57.6 cm³/mol. The fraction of sp³-hybridized carbons (Fsp3) is 0.538. The van der Waals surface area contributed by atoms with E-state index in [-0.39, 0.29) is 5.92 Å². The van der Waals surface area contributed by atoms with E-state index in [2.05, 4.69) is 11.1 Å². The van der Waals surface area contributed by atoms with Gasteiger partial charge in [0.05, 0.1) is 11.6 Å². The molecular formula is C13H15NO. The van der Waals surface area contributed by atoms with Gasteiger partial charge in [0.25, 0.3) is 0 Å². The van der Waals surface area contributed by atoms with Crippen molar-refractivity contribution in [3.63, 3.8) is 0 Å². The van der Waals surface area contributed by atoms with Crippen molar-refractivity contribution in [2.45, 2.75) is 38.0 Å². The second-order valence-electron chi connectivity index (χ2n) is 4.67. The lowest BCUT2D eigenvalue weighted by Gasteiger charge is -2.22. The molecule has 1 aromatic rings. The Morgan fingerprint density at radius 2 is 2.20 bits per heavy atom. The SMILES string of the molecule is O=C(C1CC1)C1CCCc2cccnc21. The Morgan fingerprint density at radius 1 is 1.33 bits per heavy atom. The van der Waals surface area contributed by atoms with Gasteiger partial charge in [0.2, 0.25) is 0 Å². The van der Waals surface area contributed by atoms with Gasteiger partial charge in [-0.2, -0.15) is 0 Å². The van der Waals surface area contributed by atoms with E-state index in [0.717, 1.165) is 37.8 Å². The van der Waals surface area contributed by atoms with Crippen LogP contribution >= 0.6 is 0 Å². The number of carbonyl (C=O) groups is 1. The third-order valence-corrected chi connectivity index (χ3v) is 3.52. The van der Waals surface area contributed by atoms with Crippen molar-refractivity contribution in [2.24, 2.45) is 5.92 Å². The number of ketones is 1. The molecule has 0 amide bonds. The maximum absolute atomic E-state index is 12.1. The molecule has 78 valence electrons. The summed E-state index contributed by atoms with van der Waals surface area (Å²) in [5.74, 6) is 0.931. The maximum Gasteiger partial charge on any atom is 0.144 e. The highest BCUT2D eigenvalue weighted by atomic mass is 16.1. The van der Waals surface area contributed by atoms with Gasteiger partial charge in [-0.3, -0.25) is 9.78 Å². The third-order valence-electron chi connectivity index (χ3n) is 3.52. The summed E-state index contributed by atoms with van der Waals surface area (Å²) >= 11 is 0. The standard InChI is InChI=1S/C13H15NO/c15-13(10-6-7-10)11-5-1-3-9-4-2-8-14-12(9)11/h2,4,8,10-11H,1,3,5-7H2. The number of aromatic nitrogens is 1. The molecule has 3 rings (SSSR count). The fourth-order valence-corrected chi connectivity index (χ4v) is 2.54.